The van der Waals surface area contributed by atoms with Crippen LogP contribution in [0.4, 0.5) is 0 Å². The number of carbonyl (C=O) groups is 1. The van der Waals surface area contributed by atoms with Crippen molar-refractivity contribution < 1.29 is 9.53 Å². The highest BCUT2D eigenvalue weighted by molar-refractivity contribution is 5.87. The zero-order valence-corrected chi connectivity index (χ0v) is 15.4. The predicted molar refractivity (Wildman–Crippen MR) is 95.5 cm³/mol. The molecule has 3 heteroatoms. The number of allylic oxidation sites excluding steroid dienone is 1. The van der Waals surface area contributed by atoms with E-state index in [1.165, 1.54) is 19.3 Å². The van der Waals surface area contributed by atoms with Crippen molar-refractivity contribution in [1.29, 1.82) is 0 Å². The van der Waals surface area contributed by atoms with Gasteiger partial charge in [-0.25, -0.2) is 0 Å². The minimum absolute atomic E-state index is 0.00961. The Kier molecular flexibility index (Phi) is 4.16. The first-order valence-corrected chi connectivity index (χ1v) is 10.0. The lowest BCUT2D eigenvalue weighted by atomic mass is 9.48. The van der Waals surface area contributed by atoms with Gasteiger partial charge in [-0.3, -0.25) is 4.79 Å². The van der Waals surface area contributed by atoms with Gasteiger partial charge in [0.25, 0.3) is 0 Å². The number of Topliss-reactive ketones (excluding diaryl/α,β-unsaturated/α-hetero) is 1. The van der Waals surface area contributed by atoms with E-state index in [-0.39, 0.29) is 5.41 Å². The smallest absolute Gasteiger partial charge is 0.139 e. The Morgan fingerprint density at radius 1 is 1.17 bits per heavy atom. The summed E-state index contributed by atoms with van der Waals surface area (Å²) < 4.78 is 5.95. The van der Waals surface area contributed by atoms with Gasteiger partial charge in [0.1, 0.15) is 5.78 Å². The summed E-state index contributed by atoms with van der Waals surface area (Å²) >= 11 is 0. The van der Waals surface area contributed by atoms with Gasteiger partial charge in [-0.15, -0.1) is 0 Å². The molecule has 2 N–H and O–H groups in total. The van der Waals surface area contributed by atoms with E-state index in [1.54, 1.807) is 5.57 Å². The van der Waals surface area contributed by atoms with E-state index in [2.05, 4.69) is 19.9 Å². The lowest BCUT2D eigenvalue weighted by molar-refractivity contribution is -0.132. The monoisotopic (exact) mass is 331 g/mol. The normalized spacial score (nSPS) is 47.6. The first kappa shape index (κ1) is 16.8. The van der Waals surface area contributed by atoms with Crippen molar-refractivity contribution in [1.82, 2.24) is 0 Å². The van der Waals surface area contributed by atoms with Crippen LogP contribution in [0.25, 0.3) is 0 Å². The number of hydrogen-bond acceptors (Lipinski definition) is 3. The molecule has 3 fully saturated rings. The molecule has 0 bridgehead atoms. The molecule has 4 aliphatic carbocycles. The zero-order valence-electron chi connectivity index (χ0n) is 15.4. The molecule has 0 aromatic heterocycles. The van der Waals surface area contributed by atoms with Crippen LogP contribution in [0.3, 0.4) is 0 Å². The summed E-state index contributed by atoms with van der Waals surface area (Å²) in [7, 11) is 0. The fourth-order valence-corrected chi connectivity index (χ4v) is 6.78. The van der Waals surface area contributed by atoms with Gasteiger partial charge in [0, 0.05) is 18.4 Å². The van der Waals surface area contributed by atoms with Crippen LogP contribution in [0.1, 0.15) is 65.2 Å². The highest BCUT2D eigenvalue weighted by Crippen LogP contribution is 2.64. The number of carbonyl (C=O) groups excluding carboxylic acids is 1. The molecule has 0 saturated heterocycles. The molecule has 0 heterocycles. The average molecular weight is 332 g/mol. The molecule has 3 nitrogen and oxygen atoms in total. The summed E-state index contributed by atoms with van der Waals surface area (Å²) in [6.45, 7) is 6.08. The fraction of sp³-hybridized carbons (Fsp3) is 0.857. The summed E-state index contributed by atoms with van der Waals surface area (Å²) in [5, 5.41) is 0. The van der Waals surface area contributed by atoms with Crippen LogP contribution < -0.4 is 5.73 Å². The number of hydrogen-bond donors (Lipinski definition) is 1. The first-order chi connectivity index (χ1) is 11.5. The van der Waals surface area contributed by atoms with Gasteiger partial charge >= 0.3 is 0 Å². The second-order valence-electron chi connectivity index (χ2n) is 9.20. The largest absolute Gasteiger partial charge is 0.377 e. The highest BCUT2D eigenvalue weighted by Gasteiger charge is 2.58. The molecular weight excluding hydrogens is 298 g/mol. The van der Waals surface area contributed by atoms with E-state index < -0.39 is 0 Å². The van der Waals surface area contributed by atoms with Crippen LogP contribution in [0.5, 0.6) is 0 Å². The maximum Gasteiger partial charge on any atom is 0.139 e. The molecular formula is C21H33NO2. The molecule has 3 saturated carbocycles. The first-order valence-electron chi connectivity index (χ1n) is 10.0. The van der Waals surface area contributed by atoms with Crippen molar-refractivity contribution in [2.45, 2.75) is 71.3 Å². The minimum atomic E-state index is -0.00961. The highest BCUT2D eigenvalue weighted by atomic mass is 16.5. The summed E-state index contributed by atoms with van der Waals surface area (Å²) in [5.41, 5.74) is 7.58. The van der Waals surface area contributed by atoms with E-state index in [0.29, 0.717) is 36.4 Å². The van der Waals surface area contributed by atoms with Gasteiger partial charge in [-0.05, 0) is 68.1 Å². The third kappa shape index (κ3) is 2.34. The van der Waals surface area contributed by atoms with Crippen LogP contribution in [0, 0.1) is 28.6 Å². The van der Waals surface area contributed by atoms with E-state index in [4.69, 9.17) is 10.5 Å². The third-order valence-corrected chi connectivity index (χ3v) is 8.24. The Bertz CT molecular complexity index is 556. The van der Waals surface area contributed by atoms with E-state index in [0.717, 1.165) is 43.9 Å². The number of ether oxygens (including phenoxy) is 1. The van der Waals surface area contributed by atoms with E-state index in [9.17, 15) is 4.79 Å². The van der Waals surface area contributed by atoms with Gasteiger partial charge in [0.2, 0.25) is 0 Å². The molecule has 134 valence electrons. The quantitative estimate of drug-likeness (QED) is 0.799. The number of nitrogens with two attached hydrogens (primary N) is 1. The standard InChI is InChI=1S/C21H33NO2/c1-20-9-7-15(24-12-11-22)13-14(20)3-4-16-17-5-6-19(23)21(17,2)10-8-18(16)20/h3,15-18H,4-13,22H2,1-2H3/t15-,16-,17-,18-,20-,21-/m0/s1. The molecule has 6 atom stereocenters. The van der Waals surface area contributed by atoms with Gasteiger partial charge in [0.15, 0.2) is 0 Å². The Labute approximate surface area is 146 Å². The molecule has 0 radical (unpaired) electrons. The molecule has 4 aliphatic rings. The molecule has 0 aromatic rings. The van der Waals surface area contributed by atoms with Crippen molar-refractivity contribution in [3.63, 3.8) is 0 Å². The molecule has 0 aromatic carbocycles. The summed E-state index contributed by atoms with van der Waals surface area (Å²) in [5.74, 6) is 2.68. The maximum atomic E-state index is 12.5. The van der Waals surface area contributed by atoms with Crippen LogP contribution in [-0.2, 0) is 9.53 Å². The van der Waals surface area contributed by atoms with Crippen molar-refractivity contribution in [2.24, 2.45) is 34.3 Å². The number of rotatable bonds is 3. The van der Waals surface area contributed by atoms with Crippen LogP contribution in [-0.4, -0.2) is 25.0 Å². The molecule has 0 unspecified atom stereocenters. The molecule has 0 amide bonds. The SMILES string of the molecule is C[C@]12CC[C@H](OCCN)CC1=CC[C@@H]1[C@@H]2CC[C@]2(C)C(=O)CC[C@@H]12. The molecule has 24 heavy (non-hydrogen) atoms. The predicted octanol–water partition coefficient (Wildman–Crippen LogP) is 3.86. The number of ketones is 1. The van der Waals surface area contributed by atoms with E-state index in [1.807, 2.05) is 0 Å². The van der Waals surface area contributed by atoms with Crippen LogP contribution in [0.2, 0.25) is 0 Å². The second-order valence-corrected chi connectivity index (χ2v) is 9.20. The number of fused-ring (bicyclic) bond motifs is 5. The summed E-state index contributed by atoms with van der Waals surface area (Å²) in [6, 6.07) is 0. The molecule has 0 spiro atoms. The van der Waals surface area contributed by atoms with Gasteiger partial charge in [0.05, 0.1) is 12.7 Å². The summed E-state index contributed by atoms with van der Waals surface area (Å²) in [6.07, 6.45) is 11.9. The summed E-state index contributed by atoms with van der Waals surface area (Å²) in [4.78, 5) is 12.5. The van der Waals surface area contributed by atoms with Gasteiger partial charge < -0.3 is 10.5 Å². The lowest BCUT2D eigenvalue weighted by Crippen LogP contribution is -2.50. The Morgan fingerprint density at radius 2 is 1.92 bits per heavy atom. The van der Waals surface area contributed by atoms with Crippen molar-refractivity contribution >= 4 is 5.78 Å². The maximum absolute atomic E-state index is 12.5. The average Bonchev–Trinajstić information content (AvgIpc) is 2.88. The second kappa shape index (κ2) is 5.95. The van der Waals surface area contributed by atoms with Crippen LogP contribution >= 0.6 is 0 Å². The Morgan fingerprint density at radius 3 is 2.71 bits per heavy atom. The van der Waals surface area contributed by atoms with Crippen LogP contribution in [0.15, 0.2) is 11.6 Å². The molecule has 4 rings (SSSR count). The van der Waals surface area contributed by atoms with Gasteiger partial charge in [-0.2, -0.15) is 0 Å². The lowest BCUT2D eigenvalue weighted by Gasteiger charge is -2.57. The third-order valence-electron chi connectivity index (χ3n) is 8.24. The fourth-order valence-electron chi connectivity index (χ4n) is 6.78. The van der Waals surface area contributed by atoms with Gasteiger partial charge in [-0.1, -0.05) is 25.5 Å². The van der Waals surface area contributed by atoms with Crippen molar-refractivity contribution in [2.75, 3.05) is 13.2 Å². The topological polar surface area (TPSA) is 52.3 Å². The van der Waals surface area contributed by atoms with E-state index >= 15 is 0 Å². The minimum Gasteiger partial charge on any atom is -0.377 e. The Hall–Kier alpha value is -0.670. The van der Waals surface area contributed by atoms with Crippen molar-refractivity contribution in [3.05, 3.63) is 11.6 Å². The molecule has 0 aliphatic heterocycles. The Balaban J connectivity index is 1.56. The zero-order chi connectivity index (χ0) is 16.9. The van der Waals surface area contributed by atoms with Crippen molar-refractivity contribution in [3.8, 4) is 0 Å².